The quantitative estimate of drug-likeness (QED) is 0.559. The molecule has 2 fully saturated rings. The molecule has 0 spiro atoms. The van der Waals surface area contributed by atoms with Gasteiger partial charge in [0.05, 0.1) is 6.26 Å². The van der Waals surface area contributed by atoms with Crippen LogP contribution in [-0.2, 0) is 0 Å². The molecule has 3 aliphatic rings. The third kappa shape index (κ3) is 0.796. The summed E-state index contributed by atoms with van der Waals surface area (Å²) in [6.45, 7) is 0. The Balaban J connectivity index is 1.78. The molecule has 0 aliphatic heterocycles. The number of carbonyl (C=O) groups excluding carboxylic acids is 1. The first-order chi connectivity index (χ1) is 7.82. The van der Waals surface area contributed by atoms with Crippen molar-refractivity contribution in [3.05, 3.63) is 36.3 Å². The number of ketones is 1. The molecule has 2 nitrogen and oxygen atoms in total. The fourth-order valence-corrected chi connectivity index (χ4v) is 4.17. The monoisotopic (exact) mass is 214 g/mol. The number of hydrogen-bond acceptors (Lipinski definition) is 2. The van der Waals surface area contributed by atoms with Crippen LogP contribution in [0.15, 0.2) is 35.0 Å². The average molecular weight is 214 g/mol. The first-order valence-corrected chi connectivity index (χ1v) is 6.09. The Morgan fingerprint density at radius 3 is 3.00 bits per heavy atom. The second kappa shape index (κ2) is 2.68. The highest BCUT2D eigenvalue weighted by molar-refractivity contribution is 6.00. The van der Waals surface area contributed by atoms with Gasteiger partial charge in [-0.25, -0.2) is 0 Å². The summed E-state index contributed by atoms with van der Waals surface area (Å²) in [5, 5.41) is 0. The van der Waals surface area contributed by atoms with Gasteiger partial charge in [-0.05, 0) is 49.1 Å². The zero-order chi connectivity index (χ0) is 10.8. The van der Waals surface area contributed by atoms with Gasteiger partial charge in [-0.1, -0.05) is 12.2 Å². The average Bonchev–Trinajstić information content (AvgIpc) is 2.88. The molecule has 16 heavy (non-hydrogen) atoms. The predicted molar refractivity (Wildman–Crippen MR) is 58.9 cm³/mol. The minimum Gasteiger partial charge on any atom is -0.461 e. The Kier molecular flexibility index (Phi) is 1.47. The van der Waals surface area contributed by atoms with Crippen LogP contribution >= 0.6 is 0 Å². The van der Waals surface area contributed by atoms with Crippen LogP contribution < -0.4 is 0 Å². The summed E-state index contributed by atoms with van der Waals surface area (Å²) in [5.74, 6) is 2.56. The van der Waals surface area contributed by atoms with Gasteiger partial charge in [0.15, 0.2) is 5.76 Å². The van der Waals surface area contributed by atoms with Crippen molar-refractivity contribution in [1.29, 1.82) is 0 Å². The van der Waals surface area contributed by atoms with Gasteiger partial charge in [0.2, 0.25) is 5.78 Å². The number of furan rings is 1. The maximum absolute atomic E-state index is 12.6. The molecule has 0 radical (unpaired) electrons. The summed E-state index contributed by atoms with van der Waals surface area (Å²) < 4.78 is 5.29. The van der Waals surface area contributed by atoms with E-state index in [0.717, 1.165) is 6.42 Å². The molecule has 0 amide bonds. The Morgan fingerprint density at radius 2 is 2.38 bits per heavy atom. The summed E-state index contributed by atoms with van der Waals surface area (Å²) in [7, 11) is 0. The molecule has 4 atom stereocenters. The van der Waals surface area contributed by atoms with E-state index in [-0.39, 0.29) is 11.2 Å². The topological polar surface area (TPSA) is 30.2 Å². The fourth-order valence-electron chi connectivity index (χ4n) is 4.17. The molecular weight excluding hydrogens is 200 g/mol. The van der Waals surface area contributed by atoms with Gasteiger partial charge in [0, 0.05) is 5.41 Å². The highest BCUT2D eigenvalue weighted by atomic mass is 16.3. The lowest BCUT2D eigenvalue weighted by Crippen LogP contribution is -2.49. The van der Waals surface area contributed by atoms with E-state index < -0.39 is 0 Å². The van der Waals surface area contributed by atoms with Crippen LogP contribution in [0, 0.1) is 23.2 Å². The third-order valence-corrected chi connectivity index (χ3v) is 4.99. The summed E-state index contributed by atoms with van der Waals surface area (Å²) in [4.78, 5) is 12.6. The number of Topliss-reactive ketones (excluding diaryl/α,β-unsaturated/α-hetero) is 1. The largest absolute Gasteiger partial charge is 0.461 e. The van der Waals surface area contributed by atoms with Crippen molar-refractivity contribution in [2.75, 3.05) is 0 Å². The maximum Gasteiger partial charge on any atom is 0.204 e. The predicted octanol–water partition coefficient (Wildman–Crippen LogP) is 3.06. The van der Waals surface area contributed by atoms with Crippen molar-refractivity contribution in [2.24, 2.45) is 23.2 Å². The van der Waals surface area contributed by atoms with Gasteiger partial charge >= 0.3 is 0 Å². The molecule has 1 heterocycles. The van der Waals surface area contributed by atoms with E-state index in [4.69, 9.17) is 4.42 Å². The number of allylic oxidation sites excluding steroid dienone is 2. The third-order valence-electron chi connectivity index (χ3n) is 4.99. The maximum atomic E-state index is 12.6. The first kappa shape index (κ1) is 8.80. The van der Waals surface area contributed by atoms with Crippen LogP contribution in [-0.4, -0.2) is 5.78 Å². The minimum absolute atomic E-state index is 0.0860. The van der Waals surface area contributed by atoms with Crippen LogP contribution in [0.3, 0.4) is 0 Å². The standard InChI is InChI=1S/C14H14O2/c15-13(12-2-1-7-16-12)14-6-5-11(14)9-3-4-10(14)8-9/h1-4,7,9-11H,5-6,8H2/t9-,10+,11+,14+/m0/s1. The molecule has 0 unspecified atom stereocenters. The van der Waals surface area contributed by atoms with E-state index in [9.17, 15) is 4.79 Å². The molecule has 2 saturated carbocycles. The fraction of sp³-hybridized carbons (Fsp3) is 0.500. The highest BCUT2D eigenvalue weighted by Gasteiger charge is 2.65. The second-order valence-corrected chi connectivity index (χ2v) is 5.38. The Hall–Kier alpha value is -1.31. The van der Waals surface area contributed by atoms with Crippen LogP contribution in [0.4, 0.5) is 0 Å². The van der Waals surface area contributed by atoms with Crippen molar-refractivity contribution in [3.63, 3.8) is 0 Å². The number of hydrogen-bond donors (Lipinski definition) is 0. The zero-order valence-corrected chi connectivity index (χ0v) is 9.06. The van der Waals surface area contributed by atoms with Gasteiger partial charge in [0.1, 0.15) is 0 Å². The minimum atomic E-state index is -0.0860. The van der Waals surface area contributed by atoms with Crippen LogP contribution in [0.25, 0.3) is 0 Å². The Labute approximate surface area is 94.3 Å². The normalized spacial score (nSPS) is 43.1. The van der Waals surface area contributed by atoms with Gasteiger partial charge in [-0.3, -0.25) is 4.79 Å². The molecule has 0 saturated heterocycles. The molecule has 1 aromatic rings. The summed E-state index contributed by atoms with van der Waals surface area (Å²) in [6.07, 6.45) is 9.65. The number of rotatable bonds is 2. The first-order valence-electron chi connectivity index (χ1n) is 6.09. The Bertz CT molecular complexity index is 471. The molecule has 0 aromatic carbocycles. The molecule has 82 valence electrons. The van der Waals surface area contributed by atoms with E-state index in [1.807, 2.05) is 6.07 Å². The van der Waals surface area contributed by atoms with E-state index >= 15 is 0 Å². The molecule has 4 rings (SSSR count). The lowest BCUT2D eigenvalue weighted by Gasteiger charge is -2.49. The van der Waals surface area contributed by atoms with Crippen molar-refractivity contribution in [3.8, 4) is 0 Å². The van der Waals surface area contributed by atoms with Gasteiger partial charge in [-0.15, -0.1) is 0 Å². The smallest absolute Gasteiger partial charge is 0.204 e. The van der Waals surface area contributed by atoms with Gasteiger partial charge < -0.3 is 4.42 Å². The van der Waals surface area contributed by atoms with Crippen molar-refractivity contribution >= 4 is 5.78 Å². The summed E-state index contributed by atoms with van der Waals surface area (Å²) in [6, 6.07) is 3.61. The highest BCUT2D eigenvalue weighted by Crippen LogP contribution is 2.67. The van der Waals surface area contributed by atoms with Crippen molar-refractivity contribution in [1.82, 2.24) is 0 Å². The lowest BCUT2D eigenvalue weighted by atomic mass is 9.53. The van der Waals surface area contributed by atoms with Gasteiger partial charge in [0.25, 0.3) is 0 Å². The SMILES string of the molecule is O=C(c1ccco1)[C@@]12CC[C@@H]1[C@H]1C=C[C@@H]2C1. The molecule has 1 aromatic heterocycles. The van der Waals surface area contributed by atoms with Crippen LogP contribution in [0.5, 0.6) is 0 Å². The van der Waals surface area contributed by atoms with E-state index in [2.05, 4.69) is 12.2 Å². The summed E-state index contributed by atoms with van der Waals surface area (Å²) >= 11 is 0. The zero-order valence-electron chi connectivity index (χ0n) is 9.06. The molecule has 2 heteroatoms. The molecular formula is C14H14O2. The lowest BCUT2D eigenvalue weighted by molar-refractivity contribution is 0.0177. The van der Waals surface area contributed by atoms with Crippen molar-refractivity contribution in [2.45, 2.75) is 19.3 Å². The van der Waals surface area contributed by atoms with Crippen LogP contribution in [0.2, 0.25) is 0 Å². The Morgan fingerprint density at radius 1 is 1.44 bits per heavy atom. The van der Waals surface area contributed by atoms with Crippen LogP contribution in [0.1, 0.15) is 29.8 Å². The van der Waals surface area contributed by atoms with Gasteiger partial charge in [-0.2, -0.15) is 0 Å². The van der Waals surface area contributed by atoms with Crippen molar-refractivity contribution < 1.29 is 9.21 Å². The molecule has 0 N–H and O–H groups in total. The van der Waals surface area contributed by atoms with E-state index in [1.54, 1.807) is 12.3 Å². The van der Waals surface area contributed by atoms with E-state index in [0.29, 0.717) is 23.5 Å². The number of fused-ring (bicyclic) bond motifs is 5. The van der Waals surface area contributed by atoms with E-state index in [1.165, 1.54) is 12.8 Å². The molecule has 2 bridgehead atoms. The summed E-state index contributed by atoms with van der Waals surface area (Å²) in [5.41, 5.74) is -0.0860. The number of carbonyl (C=O) groups is 1. The molecule has 3 aliphatic carbocycles. The second-order valence-electron chi connectivity index (χ2n) is 5.38.